The second-order valence-corrected chi connectivity index (χ2v) is 7.26. The average Bonchev–Trinajstić information content (AvgIpc) is 2.55. The van der Waals surface area contributed by atoms with E-state index in [1.165, 1.54) is 0 Å². The van der Waals surface area contributed by atoms with Gasteiger partial charge in [-0.1, -0.05) is 41.9 Å². The zero-order valence-corrected chi connectivity index (χ0v) is 15.3. The van der Waals surface area contributed by atoms with Gasteiger partial charge in [-0.2, -0.15) is 0 Å². The highest BCUT2D eigenvalue weighted by molar-refractivity contribution is 6.32. The molecule has 0 aromatic heterocycles. The van der Waals surface area contributed by atoms with Gasteiger partial charge in [-0.25, -0.2) is 0 Å². The molecule has 0 radical (unpaired) electrons. The Morgan fingerprint density at radius 2 is 1.92 bits per heavy atom. The van der Waals surface area contributed by atoms with Crippen LogP contribution in [-0.2, 0) is 4.79 Å². The molecule has 0 aliphatic carbocycles. The molecule has 0 bridgehead atoms. The summed E-state index contributed by atoms with van der Waals surface area (Å²) < 4.78 is 11.7. The van der Waals surface area contributed by atoms with E-state index in [1.807, 2.05) is 50.2 Å². The fraction of sp³-hybridized carbons (Fsp3) is 0.350. The predicted molar refractivity (Wildman–Crippen MR) is 98.2 cm³/mol. The lowest BCUT2D eigenvalue weighted by Crippen LogP contribution is -2.44. The Morgan fingerprint density at radius 3 is 2.68 bits per heavy atom. The van der Waals surface area contributed by atoms with Gasteiger partial charge in [0.15, 0.2) is 6.10 Å². The second-order valence-electron chi connectivity index (χ2n) is 6.86. The number of benzene rings is 2. The summed E-state index contributed by atoms with van der Waals surface area (Å²) in [4.78, 5) is 12.6. The first-order valence-electron chi connectivity index (χ1n) is 8.35. The number of carbonyl (C=O) groups is 1. The summed E-state index contributed by atoms with van der Waals surface area (Å²) in [6.07, 6.45) is 0.0344. The number of hydrogen-bond donors (Lipinski definition) is 1. The first-order chi connectivity index (χ1) is 11.9. The van der Waals surface area contributed by atoms with E-state index in [0.717, 1.165) is 11.3 Å². The van der Waals surface area contributed by atoms with Crippen molar-refractivity contribution in [1.82, 2.24) is 5.32 Å². The number of nitrogens with one attached hydrogen (secondary N) is 1. The Balaban J connectivity index is 1.73. The van der Waals surface area contributed by atoms with Crippen molar-refractivity contribution >= 4 is 17.5 Å². The lowest BCUT2D eigenvalue weighted by Gasteiger charge is -2.38. The molecule has 0 spiro atoms. The summed E-state index contributed by atoms with van der Waals surface area (Å²) in [6, 6.07) is 14.8. The van der Waals surface area contributed by atoms with Gasteiger partial charge >= 0.3 is 0 Å². The first kappa shape index (κ1) is 17.6. The maximum atomic E-state index is 12.6. The van der Waals surface area contributed by atoms with Crippen LogP contribution in [0.15, 0.2) is 48.5 Å². The van der Waals surface area contributed by atoms with Gasteiger partial charge in [-0.15, -0.1) is 0 Å². The van der Waals surface area contributed by atoms with E-state index in [4.69, 9.17) is 21.1 Å². The van der Waals surface area contributed by atoms with Crippen LogP contribution < -0.4 is 14.8 Å². The molecule has 2 aromatic rings. The van der Waals surface area contributed by atoms with Crippen LogP contribution in [0.4, 0.5) is 0 Å². The molecule has 1 N–H and O–H groups in total. The number of rotatable bonds is 4. The van der Waals surface area contributed by atoms with Crippen LogP contribution in [-0.4, -0.2) is 17.6 Å². The molecule has 2 atom stereocenters. The van der Waals surface area contributed by atoms with Crippen LogP contribution in [0.25, 0.3) is 0 Å². The van der Waals surface area contributed by atoms with Crippen molar-refractivity contribution < 1.29 is 14.3 Å². The van der Waals surface area contributed by atoms with Crippen molar-refractivity contribution in [3.8, 4) is 11.5 Å². The van der Waals surface area contributed by atoms with Gasteiger partial charge in [0.05, 0.1) is 11.1 Å². The molecule has 0 saturated heterocycles. The Kier molecular flexibility index (Phi) is 4.91. The highest BCUT2D eigenvalue weighted by Gasteiger charge is 2.35. The summed E-state index contributed by atoms with van der Waals surface area (Å²) >= 11 is 6.10. The normalized spacial score (nSPS) is 19.3. The van der Waals surface area contributed by atoms with Crippen molar-refractivity contribution in [2.24, 2.45) is 0 Å². The highest BCUT2D eigenvalue weighted by Crippen LogP contribution is 2.39. The van der Waals surface area contributed by atoms with Crippen LogP contribution in [0.1, 0.15) is 38.8 Å². The largest absolute Gasteiger partial charge is 0.487 e. The lowest BCUT2D eigenvalue weighted by molar-refractivity contribution is -0.128. The van der Waals surface area contributed by atoms with E-state index in [1.54, 1.807) is 19.1 Å². The van der Waals surface area contributed by atoms with Crippen LogP contribution in [0.2, 0.25) is 5.02 Å². The van der Waals surface area contributed by atoms with Crippen molar-refractivity contribution in [2.75, 3.05) is 0 Å². The zero-order chi connectivity index (χ0) is 18.0. The summed E-state index contributed by atoms with van der Waals surface area (Å²) in [5.41, 5.74) is 0.638. The minimum absolute atomic E-state index is 0.121. The summed E-state index contributed by atoms with van der Waals surface area (Å²) in [5.74, 6) is 1.13. The Hall–Kier alpha value is -2.20. The van der Waals surface area contributed by atoms with Crippen molar-refractivity contribution in [2.45, 2.75) is 44.9 Å². The van der Waals surface area contributed by atoms with E-state index in [-0.39, 0.29) is 17.6 Å². The maximum Gasteiger partial charge on any atom is 0.261 e. The standard InChI is InChI=1S/C20H22ClNO3/c1-13(24-18-11-7-5-9-15(18)21)19(23)22-16-12-20(2,3)25-17-10-6-4-8-14(16)17/h4-11,13,16H,12H2,1-3H3,(H,22,23). The molecule has 3 rings (SSSR count). The molecule has 132 valence electrons. The fourth-order valence-electron chi connectivity index (χ4n) is 3.00. The number of fused-ring (bicyclic) bond motifs is 1. The third-order valence-electron chi connectivity index (χ3n) is 4.20. The van der Waals surface area contributed by atoms with Crippen molar-refractivity contribution in [3.63, 3.8) is 0 Å². The monoisotopic (exact) mass is 359 g/mol. The topological polar surface area (TPSA) is 47.6 Å². The number of para-hydroxylation sites is 2. The van der Waals surface area contributed by atoms with Crippen LogP contribution >= 0.6 is 11.6 Å². The average molecular weight is 360 g/mol. The zero-order valence-electron chi connectivity index (χ0n) is 14.6. The van der Waals surface area contributed by atoms with Gasteiger partial charge in [0.2, 0.25) is 0 Å². The molecular weight excluding hydrogens is 338 g/mol. The first-order valence-corrected chi connectivity index (χ1v) is 8.73. The molecule has 1 aliphatic heterocycles. The quantitative estimate of drug-likeness (QED) is 0.872. The third kappa shape index (κ3) is 4.07. The third-order valence-corrected chi connectivity index (χ3v) is 4.51. The predicted octanol–water partition coefficient (Wildman–Crippen LogP) is 4.53. The van der Waals surface area contributed by atoms with Gasteiger partial charge in [-0.05, 0) is 39.0 Å². The Labute approximate surface area is 153 Å². The minimum atomic E-state index is -0.655. The van der Waals surface area contributed by atoms with Gasteiger partial charge < -0.3 is 14.8 Å². The summed E-state index contributed by atoms with van der Waals surface area (Å²) in [6.45, 7) is 5.76. The van der Waals surface area contributed by atoms with Crippen LogP contribution in [0.3, 0.4) is 0 Å². The number of halogens is 1. The van der Waals surface area contributed by atoms with Crippen molar-refractivity contribution in [1.29, 1.82) is 0 Å². The number of amides is 1. The Morgan fingerprint density at radius 1 is 1.24 bits per heavy atom. The van der Waals surface area contributed by atoms with E-state index >= 15 is 0 Å². The molecule has 2 unspecified atom stereocenters. The number of ether oxygens (including phenoxy) is 2. The Bertz CT molecular complexity index is 775. The van der Waals surface area contributed by atoms with Gasteiger partial charge in [0, 0.05) is 12.0 Å². The van der Waals surface area contributed by atoms with Crippen LogP contribution in [0, 0.1) is 0 Å². The molecule has 0 fully saturated rings. The second kappa shape index (κ2) is 6.96. The molecule has 1 aliphatic rings. The van der Waals surface area contributed by atoms with E-state index < -0.39 is 6.10 Å². The minimum Gasteiger partial charge on any atom is -0.487 e. The van der Waals surface area contributed by atoms with Gasteiger partial charge in [0.25, 0.3) is 5.91 Å². The number of carbonyl (C=O) groups excluding carboxylic acids is 1. The molecule has 4 nitrogen and oxygen atoms in total. The van der Waals surface area contributed by atoms with Gasteiger partial charge in [-0.3, -0.25) is 4.79 Å². The molecule has 1 heterocycles. The molecule has 0 saturated carbocycles. The molecule has 5 heteroatoms. The van der Waals surface area contributed by atoms with E-state index in [2.05, 4.69) is 5.32 Å². The molecule has 1 amide bonds. The number of hydrogen-bond acceptors (Lipinski definition) is 3. The van der Waals surface area contributed by atoms with Gasteiger partial charge in [0.1, 0.15) is 17.1 Å². The SMILES string of the molecule is CC(Oc1ccccc1Cl)C(=O)NC1CC(C)(C)Oc2ccccc21. The maximum absolute atomic E-state index is 12.6. The summed E-state index contributed by atoms with van der Waals surface area (Å²) in [7, 11) is 0. The van der Waals surface area contributed by atoms with Crippen molar-refractivity contribution in [3.05, 3.63) is 59.1 Å². The van der Waals surface area contributed by atoms with E-state index in [0.29, 0.717) is 17.2 Å². The smallest absolute Gasteiger partial charge is 0.261 e. The fourth-order valence-corrected chi connectivity index (χ4v) is 3.18. The molecule has 2 aromatic carbocycles. The van der Waals surface area contributed by atoms with E-state index in [9.17, 15) is 4.79 Å². The molecular formula is C20H22ClNO3. The highest BCUT2D eigenvalue weighted by atomic mass is 35.5. The van der Waals surface area contributed by atoms with Crippen LogP contribution in [0.5, 0.6) is 11.5 Å². The molecule has 25 heavy (non-hydrogen) atoms. The summed E-state index contributed by atoms with van der Waals surface area (Å²) in [5, 5.41) is 3.57. The lowest BCUT2D eigenvalue weighted by atomic mass is 9.89.